The molecular formula is C44H51ClN6O7S. The van der Waals surface area contributed by atoms with E-state index in [1.807, 2.05) is 36.5 Å². The first kappa shape index (κ1) is 42.2. The standard InChI is InChI=1S/C44H51ClN6O7S/c1-44(2)18-16-31(38(26-44)29-6-8-32(45)9-7-29)27-46-20-21-47-33-10-13-37(42(24-33)58-34-11-14-39-30(23-34)17-19-48-39)43(52)50-59(55,56)36-12-15-40(41(25-36)51(3,53)54)49-28-35-5-4-22-57-35/h6-15,17,19,23-25,35,46-49,53H,4-5,16,18,20-22,26-28H2,1-3H3,(H,50,52)/t35-/m1/s1. The number of aromatic nitrogens is 1. The number of carbonyl (C=O) groups is 1. The third kappa shape index (κ3) is 10.6. The van der Waals surface area contributed by atoms with Gasteiger partial charge < -0.3 is 35.6 Å². The number of sulfonamides is 1. The van der Waals surface area contributed by atoms with Gasteiger partial charge in [-0.3, -0.25) is 4.79 Å². The summed E-state index contributed by atoms with van der Waals surface area (Å²) in [4.78, 5) is 14.7. The molecule has 4 aromatic carbocycles. The van der Waals surface area contributed by atoms with E-state index in [1.165, 1.54) is 34.9 Å². The molecule has 1 amide bonds. The van der Waals surface area contributed by atoms with Crippen molar-refractivity contribution in [3.05, 3.63) is 118 Å². The van der Waals surface area contributed by atoms with Crippen LogP contribution >= 0.6 is 11.6 Å². The van der Waals surface area contributed by atoms with Crippen LogP contribution in [0.4, 0.5) is 17.1 Å². The molecule has 6 N–H and O–H groups in total. The Bertz CT molecular complexity index is 2440. The summed E-state index contributed by atoms with van der Waals surface area (Å²) in [5, 5.41) is 34.8. The van der Waals surface area contributed by atoms with Crippen molar-refractivity contribution < 1.29 is 27.9 Å². The highest BCUT2D eigenvalue weighted by Gasteiger charge is 2.29. The van der Waals surface area contributed by atoms with Crippen molar-refractivity contribution in [2.45, 2.75) is 57.0 Å². The van der Waals surface area contributed by atoms with Crippen molar-refractivity contribution >= 4 is 61.1 Å². The first-order valence-electron chi connectivity index (χ1n) is 19.8. The van der Waals surface area contributed by atoms with E-state index in [2.05, 4.69) is 51.6 Å². The minimum absolute atomic E-state index is 0.0324. The van der Waals surface area contributed by atoms with E-state index in [4.69, 9.17) is 21.1 Å². The molecule has 2 atom stereocenters. The summed E-state index contributed by atoms with van der Waals surface area (Å²) in [7, 11) is -3.56. The molecule has 1 aromatic heterocycles. The first-order chi connectivity index (χ1) is 28.1. The fourth-order valence-electron chi connectivity index (χ4n) is 7.58. The van der Waals surface area contributed by atoms with E-state index in [0.29, 0.717) is 37.7 Å². The number of nitrogens with one attached hydrogen (secondary N) is 5. The van der Waals surface area contributed by atoms with Crippen molar-refractivity contribution in [1.29, 1.82) is 0 Å². The normalized spacial score (nSPS) is 17.8. The average molecular weight is 843 g/mol. The molecule has 2 heterocycles. The van der Waals surface area contributed by atoms with Crippen LogP contribution in [-0.4, -0.2) is 70.5 Å². The van der Waals surface area contributed by atoms with Crippen LogP contribution in [-0.2, 0) is 14.8 Å². The van der Waals surface area contributed by atoms with Gasteiger partial charge in [0.1, 0.15) is 18.5 Å². The minimum Gasteiger partial charge on any atom is -0.593 e. The van der Waals surface area contributed by atoms with Crippen LogP contribution in [0, 0.1) is 10.6 Å². The SMILES string of the molecule is CC1(C)CCC(CNCCNc2ccc(C(=O)NS(=O)(=O)c3ccc(NC[C@H]4CCCO4)c([N+](C)([O-])O)c3)c(Oc3ccc4[nH]ccc4c3)c2)=C(c2ccc(Cl)cc2)C1. The van der Waals surface area contributed by atoms with Gasteiger partial charge in [-0.15, -0.1) is 0 Å². The van der Waals surface area contributed by atoms with Crippen LogP contribution < -0.4 is 30.2 Å². The quantitative estimate of drug-likeness (QED) is 0.0320. The number of quaternary nitrogens is 1. The van der Waals surface area contributed by atoms with Gasteiger partial charge in [0.2, 0.25) is 0 Å². The molecule has 0 saturated carbocycles. The summed E-state index contributed by atoms with van der Waals surface area (Å²) in [6.45, 7) is 7.60. The number of hydroxylamine groups is 2. The Kier molecular flexibility index (Phi) is 12.7. The van der Waals surface area contributed by atoms with Gasteiger partial charge in [-0.2, -0.15) is 4.81 Å². The van der Waals surface area contributed by atoms with Gasteiger partial charge in [0.05, 0.1) is 22.3 Å². The fourth-order valence-corrected chi connectivity index (χ4v) is 8.69. The number of nitrogens with zero attached hydrogens (tertiary/aromatic N) is 1. The molecule has 0 radical (unpaired) electrons. The largest absolute Gasteiger partial charge is 0.593 e. The Balaban J connectivity index is 1.06. The zero-order valence-corrected chi connectivity index (χ0v) is 35.0. The summed E-state index contributed by atoms with van der Waals surface area (Å²) in [5.41, 5.74) is 5.72. The van der Waals surface area contributed by atoms with Crippen molar-refractivity contribution in [3.63, 3.8) is 0 Å². The number of benzene rings is 4. The Labute approximate surface area is 349 Å². The zero-order valence-electron chi connectivity index (χ0n) is 33.4. The molecule has 0 bridgehead atoms. The minimum atomic E-state index is -4.52. The smallest absolute Gasteiger partial charge is 0.268 e. The molecule has 1 unspecified atom stereocenters. The van der Waals surface area contributed by atoms with Gasteiger partial charge >= 0.3 is 0 Å². The predicted molar refractivity (Wildman–Crippen MR) is 234 cm³/mol. The topological polar surface area (TPSA) is 177 Å². The van der Waals surface area contributed by atoms with Crippen LogP contribution in [0.25, 0.3) is 16.5 Å². The molecular weight excluding hydrogens is 792 g/mol. The highest BCUT2D eigenvalue weighted by atomic mass is 35.5. The van der Waals surface area contributed by atoms with E-state index >= 15 is 0 Å². The monoisotopic (exact) mass is 842 g/mol. The molecule has 1 fully saturated rings. The lowest BCUT2D eigenvalue weighted by molar-refractivity contribution is -0.00404. The number of fused-ring (bicyclic) bond motifs is 1. The molecule has 5 aromatic rings. The van der Waals surface area contributed by atoms with Crippen molar-refractivity contribution in [2.75, 3.05) is 50.5 Å². The number of allylic oxidation sites excluding steroid dienone is 1. The number of aromatic amines is 1. The number of H-pyrrole nitrogens is 1. The number of ether oxygens (including phenoxy) is 2. The summed E-state index contributed by atoms with van der Waals surface area (Å²) < 4.78 is 41.3. The van der Waals surface area contributed by atoms with Crippen molar-refractivity contribution in [2.24, 2.45) is 5.41 Å². The lowest BCUT2D eigenvalue weighted by Crippen LogP contribution is -2.35. The van der Waals surface area contributed by atoms with E-state index in [1.54, 1.807) is 18.2 Å². The zero-order chi connectivity index (χ0) is 41.8. The lowest BCUT2D eigenvalue weighted by atomic mass is 9.72. The Morgan fingerprint density at radius 2 is 1.85 bits per heavy atom. The van der Waals surface area contributed by atoms with E-state index < -0.39 is 20.7 Å². The summed E-state index contributed by atoms with van der Waals surface area (Å²) in [6, 6.07) is 23.9. The third-order valence-electron chi connectivity index (χ3n) is 10.8. The van der Waals surface area contributed by atoms with Crippen LogP contribution in [0.5, 0.6) is 11.5 Å². The second-order valence-corrected chi connectivity index (χ2v) is 18.2. The fraction of sp³-hybridized carbons (Fsp3) is 0.341. The average Bonchev–Trinajstić information content (AvgIpc) is 3.90. The maximum absolute atomic E-state index is 13.8. The van der Waals surface area contributed by atoms with E-state index in [9.17, 15) is 23.6 Å². The number of amides is 1. The summed E-state index contributed by atoms with van der Waals surface area (Å²) in [6.07, 6.45) is 6.62. The second kappa shape index (κ2) is 17.7. The number of rotatable bonds is 16. The van der Waals surface area contributed by atoms with E-state index in [0.717, 1.165) is 67.7 Å². The predicted octanol–water partition coefficient (Wildman–Crippen LogP) is 8.81. The van der Waals surface area contributed by atoms with Crippen molar-refractivity contribution in [3.8, 4) is 11.5 Å². The molecule has 1 aliphatic heterocycles. The highest BCUT2D eigenvalue weighted by molar-refractivity contribution is 7.90. The molecule has 59 heavy (non-hydrogen) atoms. The Hall–Kier alpha value is -4.93. The molecule has 1 saturated heterocycles. The number of hydrogen-bond acceptors (Lipinski definition) is 10. The lowest BCUT2D eigenvalue weighted by Gasteiger charge is -2.34. The third-order valence-corrected chi connectivity index (χ3v) is 12.4. The first-order valence-corrected chi connectivity index (χ1v) is 21.7. The molecule has 7 rings (SSSR count). The maximum atomic E-state index is 13.8. The van der Waals surface area contributed by atoms with E-state index in [-0.39, 0.29) is 39.1 Å². The molecule has 1 aliphatic carbocycles. The van der Waals surface area contributed by atoms with Gasteiger partial charge in [0.25, 0.3) is 15.9 Å². The van der Waals surface area contributed by atoms with Crippen LogP contribution in [0.15, 0.2) is 102 Å². The highest BCUT2D eigenvalue weighted by Crippen LogP contribution is 2.43. The molecule has 13 nitrogen and oxygen atoms in total. The molecule has 15 heteroatoms. The Morgan fingerprint density at radius 3 is 2.61 bits per heavy atom. The number of halogens is 1. The van der Waals surface area contributed by atoms with Gasteiger partial charge in [-0.05, 0) is 109 Å². The molecule has 312 valence electrons. The van der Waals surface area contributed by atoms with Gasteiger partial charge in [-0.1, -0.05) is 43.2 Å². The van der Waals surface area contributed by atoms with Gasteiger partial charge in [0.15, 0.2) is 5.69 Å². The number of carbonyl (C=O) groups excluding carboxylic acids is 1. The van der Waals surface area contributed by atoms with Gasteiger partial charge in [-0.25, -0.2) is 18.3 Å². The number of hydrogen-bond donors (Lipinski definition) is 6. The summed E-state index contributed by atoms with van der Waals surface area (Å²) >= 11 is 6.19. The van der Waals surface area contributed by atoms with Crippen LogP contribution in [0.3, 0.4) is 0 Å². The van der Waals surface area contributed by atoms with Gasteiger partial charge in [0, 0.05) is 72.7 Å². The molecule has 2 aliphatic rings. The summed E-state index contributed by atoms with van der Waals surface area (Å²) in [5.74, 6) is -0.372. The van der Waals surface area contributed by atoms with Crippen LogP contribution in [0.1, 0.15) is 61.9 Å². The maximum Gasteiger partial charge on any atom is 0.268 e. The second-order valence-electron chi connectivity index (χ2n) is 16.1. The molecule has 0 spiro atoms. The van der Waals surface area contributed by atoms with Crippen molar-refractivity contribution in [1.82, 2.24) is 19.8 Å². The van der Waals surface area contributed by atoms with Crippen LogP contribution in [0.2, 0.25) is 5.02 Å². The number of anilines is 2. The Morgan fingerprint density at radius 1 is 1.03 bits per heavy atom.